The standard InChI is InChI=1S/C14H8F6NO/c15-13(16,17)7-9-3-1-2-4-11(9)22-12-6-5-10(8-21-12)14(18,19)20/h1-8H. The molecule has 1 radical (unpaired) electrons. The van der Waals surface area contributed by atoms with E-state index >= 15 is 0 Å². The van der Waals surface area contributed by atoms with Gasteiger partial charge in [-0.25, -0.2) is 4.98 Å². The zero-order valence-electron chi connectivity index (χ0n) is 10.7. The van der Waals surface area contributed by atoms with Gasteiger partial charge in [-0.3, -0.25) is 0 Å². The lowest BCUT2D eigenvalue weighted by Gasteiger charge is -2.12. The van der Waals surface area contributed by atoms with Crippen molar-refractivity contribution in [1.29, 1.82) is 0 Å². The molecule has 0 aliphatic carbocycles. The number of halogens is 6. The van der Waals surface area contributed by atoms with Crippen LogP contribution >= 0.6 is 0 Å². The van der Waals surface area contributed by atoms with Crippen LogP contribution in [0.15, 0.2) is 42.6 Å². The third-order valence-corrected chi connectivity index (χ3v) is 2.52. The van der Waals surface area contributed by atoms with E-state index in [2.05, 4.69) is 4.98 Å². The predicted octanol–water partition coefficient (Wildman–Crippen LogP) is 5.01. The van der Waals surface area contributed by atoms with Gasteiger partial charge in [0.25, 0.3) is 0 Å². The first kappa shape index (κ1) is 16.1. The number of hydrogen-bond donors (Lipinski definition) is 0. The van der Waals surface area contributed by atoms with Crippen LogP contribution in [0.5, 0.6) is 11.6 Å². The summed E-state index contributed by atoms with van der Waals surface area (Å²) in [5, 5.41) is 0. The fourth-order valence-corrected chi connectivity index (χ4v) is 1.59. The fraction of sp³-hybridized carbons (Fsp3) is 0.143. The van der Waals surface area contributed by atoms with E-state index in [1.165, 1.54) is 24.3 Å². The maximum absolute atomic E-state index is 12.4. The van der Waals surface area contributed by atoms with E-state index in [4.69, 9.17) is 4.74 Å². The number of alkyl halides is 6. The normalized spacial score (nSPS) is 12.3. The summed E-state index contributed by atoms with van der Waals surface area (Å²) in [7, 11) is 0. The van der Waals surface area contributed by atoms with E-state index < -0.39 is 17.9 Å². The van der Waals surface area contributed by atoms with E-state index in [1.54, 1.807) is 0 Å². The highest BCUT2D eigenvalue weighted by atomic mass is 19.4. The first-order valence-electron chi connectivity index (χ1n) is 5.88. The second kappa shape index (κ2) is 5.86. The molecule has 22 heavy (non-hydrogen) atoms. The minimum Gasteiger partial charge on any atom is -0.439 e. The molecule has 0 aliphatic rings. The number of para-hydroxylation sites is 1. The number of rotatable bonds is 3. The van der Waals surface area contributed by atoms with Gasteiger partial charge in [-0.05, 0) is 12.1 Å². The van der Waals surface area contributed by atoms with E-state index in [1.807, 2.05) is 0 Å². The van der Waals surface area contributed by atoms with Crippen LogP contribution in [-0.4, -0.2) is 11.2 Å². The molecule has 1 aromatic carbocycles. The van der Waals surface area contributed by atoms with Gasteiger partial charge in [-0.2, -0.15) is 26.3 Å². The van der Waals surface area contributed by atoms with Crippen LogP contribution < -0.4 is 4.74 Å². The molecule has 0 atom stereocenters. The Kier molecular flexibility index (Phi) is 4.30. The van der Waals surface area contributed by atoms with Crippen molar-refractivity contribution in [2.75, 3.05) is 0 Å². The Labute approximate surface area is 121 Å². The van der Waals surface area contributed by atoms with Gasteiger partial charge in [0.15, 0.2) is 0 Å². The molecular weight excluding hydrogens is 312 g/mol. The Bertz CT molecular complexity index is 633. The van der Waals surface area contributed by atoms with Gasteiger partial charge in [0.2, 0.25) is 5.88 Å². The topological polar surface area (TPSA) is 22.1 Å². The van der Waals surface area contributed by atoms with Crippen molar-refractivity contribution >= 4 is 0 Å². The number of ether oxygens (including phenoxy) is 1. The smallest absolute Gasteiger partial charge is 0.417 e. The summed E-state index contributed by atoms with van der Waals surface area (Å²) < 4.78 is 79.4. The highest BCUT2D eigenvalue weighted by molar-refractivity contribution is 5.41. The lowest BCUT2D eigenvalue weighted by Crippen LogP contribution is -2.09. The van der Waals surface area contributed by atoms with Crippen molar-refractivity contribution in [3.05, 3.63) is 60.1 Å². The molecule has 2 nitrogen and oxygen atoms in total. The van der Waals surface area contributed by atoms with E-state index in [0.717, 1.165) is 12.1 Å². The van der Waals surface area contributed by atoms with Gasteiger partial charge in [0.05, 0.1) is 12.0 Å². The van der Waals surface area contributed by atoms with E-state index in [0.29, 0.717) is 6.20 Å². The summed E-state index contributed by atoms with van der Waals surface area (Å²) >= 11 is 0. The summed E-state index contributed by atoms with van der Waals surface area (Å²) in [4.78, 5) is 3.44. The number of pyridine rings is 1. The molecule has 0 bridgehead atoms. The highest BCUT2D eigenvalue weighted by Crippen LogP contribution is 2.33. The first-order chi connectivity index (χ1) is 10.1. The summed E-state index contributed by atoms with van der Waals surface area (Å²) in [6, 6.07) is 6.92. The fourth-order valence-electron chi connectivity index (χ4n) is 1.59. The van der Waals surface area contributed by atoms with Crippen molar-refractivity contribution < 1.29 is 31.1 Å². The Morgan fingerprint density at radius 3 is 2.14 bits per heavy atom. The van der Waals surface area contributed by atoms with Crippen molar-refractivity contribution in [1.82, 2.24) is 4.98 Å². The number of hydrogen-bond acceptors (Lipinski definition) is 2. The largest absolute Gasteiger partial charge is 0.439 e. The maximum Gasteiger partial charge on any atom is 0.417 e. The Morgan fingerprint density at radius 1 is 0.909 bits per heavy atom. The van der Waals surface area contributed by atoms with Gasteiger partial charge in [-0.15, -0.1) is 0 Å². The average molecular weight is 320 g/mol. The predicted molar refractivity (Wildman–Crippen MR) is 65.2 cm³/mol. The van der Waals surface area contributed by atoms with Crippen molar-refractivity contribution in [3.8, 4) is 11.6 Å². The molecule has 0 saturated heterocycles. The molecule has 1 aromatic heterocycles. The van der Waals surface area contributed by atoms with Gasteiger partial charge >= 0.3 is 12.4 Å². The molecule has 0 amide bonds. The quantitative estimate of drug-likeness (QED) is 0.742. The highest BCUT2D eigenvalue weighted by Gasteiger charge is 2.31. The van der Waals surface area contributed by atoms with Crippen LogP contribution in [0, 0.1) is 6.42 Å². The van der Waals surface area contributed by atoms with Crippen LogP contribution in [0.25, 0.3) is 0 Å². The Hall–Kier alpha value is -2.25. The lowest BCUT2D eigenvalue weighted by molar-refractivity contribution is -0.137. The van der Waals surface area contributed by atoms with Crippen LogP contribution in [0.2, 0.25) is 0 Å². The first-order valence-corrected chi connectivity index (χ1v) is 5.88. The molecule has 0 saturated carbocycles. The molecule has 0 fully saturated rings. The molecule has 8 heteroatoms. The van der Waals surface area contributed by atoms with Crippen molar-refractivity contribution in [2.24, 2.45) is 0 Å². The van der Waals surface area contributed by atoms with Gasteiger partial charge in [0, 0.05) is 17.8 Å². The summed E-state index contributed by atoms with van der Waals surface area (Å²) in [5.74, 6) is -0.400. The summed E-state index contributed by atoms with van der Waals surface area (Å²) in [5.41, 5.74) is -1.23. The second-order valence-corrected chi connectivity index (χ2v) is 4.21. The molecule has 0 spiro atoms. The monoisotopic (exact) mass is 320 g/mol. The summed E-state index contributed by atoms with van der Waals surface area (Å²) in [6.07, 6.45) is -8.52. The van der Waals surface area contributed by atoms with Gasteiger partial charge in [-0.1, -0.05) is 18.2 Å². The minimum atomic E-state index is -4.55. The van der Waals surface area contributed by atoms with Crippen LogP contribution in [0.4, 0.5) is 26.3 Å². The number of nitrogens with zero attached hydrogens (tertiary/aromatic N) is 1. The number of aromatic nitrogens is 1. The third kappa shape index (κ3) is 4.37. The molecule has 2 aromatic rings. The zero-order chi connectivity index (χ0) is 16.4. The van der Waals surface area contributed by atoms with E-state index in [9.17, 15) is 26.3 Å². The number of benzene rings is 1. The summed E-state index contributed by atoms with van der Waals surface area (Å²) in [6.45, 7) is 0. The average Bonchev–Trinajstić information content (AvgIpc) is 2.39. The molecule has 0 N–H and O–H groups in total. The molecular formula is C14H8F6NO. The second-order valence-electron chi connectivity index (χ2n) is 4.21. The molecule has 1 heterocycles. The Balaban J connectivity index is 2.21. The van der Waals surface area contributed by atoms with E-state index in [-0.39, 0.29) is 23.6 Å². The minimum absolute atomic E-state index is 0.0341. The maximum atomic E-state index is 12.4. The van der Waals surface area contributed by atoms with Crippen LogP contribution in [0.1, 0.15) is 11.1 Å². The SMILES string of the molecule is FC(F)(F)[CH]c1ccccc1Oc1ccc(C(F)(F)F)cn1. The molecule has 0 aliphatic heterocycles. The lowest BCUT2D eigenvalue weighted by atomic mass is 10.1. The van der Waals surface area contributed by atoms with Crippen LogP contribution in [-0.2, 0) is 6.18 Å². The van der Waals surface area contributed by atoms with Gasteiger partial charge < -0.3 is 4.74 Å². The van der Waals surface area contributed by atoms with Gasteiger partial charge in [0.1, 0.15) is 5.75 Å². The zero-order valence-corrected chi connectivity index (χ0v) is 10.7. The van der Waals surface area contributed by atoms with Crippen LogP contribution in [0.3, 0.4) is 0 Å². The van der Waals surface area contributed by atoms with Crippen molar-refractivity contribution in [3.63, 3.8) is 0 Å². The molecule has 117 valence electrons. The Morgan fingerprint density at radius 2 is 1.59 bits per heavy atom. The van der Waals surface area contributed by atoms with Crippen molar-refractivity contribution in [2.45, 2.75) is 12.4 Å². The molecule has 2 rings (SSSR count). The molecule has 0 unspecified atom stereocenters. The third-order valence-electron chi connectivity index (χ3n) is 2.52.